The molecule has 0 bridgehead atoms. The number of ether oxygens (including phenoxy) is 1. The second kappa shape index (κ2) is 10.5. The Labute approximate surface area is 198 Å². The summed E-state index contributed by atoms with van der Waals surface area (Å²) in [5.41, 5.74) is 3.44. The first-order valence-electron chi connectivity index (χ1n) is 11.1. The molecule has 0 fully saturated rings. The number of hydrogen-bond donors (Lipinski definition) is 3. The van der Waals surface area contributed by atoms with Crippen LogP contribution in [0.5, 0.6) is 5.75 Å². The van der Waals surface area contributed by atoms with Gasteiger partial charge in [0.15, 0.2) is 0 Å². The third-order valence-corrected chi connectivity index (χ3v) is 5.69. The Balaban J connectivity index is 1.61. The van der Waals surface area contributed by atoms with Crippen LogP contribution in [-0.4, -0.2) is 30.5 Å². The molecule has 4 aromatic rings. The smallest absolute Gasteiger partial charge is 0.267 e. The van der Waals surface area contributed by atoms with Gasteiger partial charge in [0.05, 0.1) is 7.11 Å². The van der Waals surface area contributed by atoms with Crippen LogP contribution in [0.4, 0.5) is 0 Å². The van der Waals surface area contributed by atoms with Crippen LogP contribution in [0.3, 0.4) is 0 Å². The van der Waals surface area contributed by atoms with Crippen LogP contribution in [0.25, 0.3) is 17.0 Å². The molecule has 34 heavy (non-hydrogen) atoms. The minimum Gasteiger partial charge on any atom is -0.497 e. The Kier molecular flexibility index (Phi) is 7.08. The van der Waals surface area contributed by atoms with Gasteiger partial charge >= 0.3 is 0 Å². The van der Waals surface area contributed by atoms with E-state index < -0.39 is 0 Å². The average Bonchev–Trinajstić information content (AvgIpc) is 3.29. The maximum absolute atomic E-state index is 13.2. The largest absolute Gasteiger partial charge is 0.497 e. The first kappa shape index (κ1) is 22.9. The van der Waals surface area contributed by atoms with E-state index in [1.54, 1.807) is 43.6 Å². The van der Waals surface area contributed by atoms with Gasteiger partial charge in [-0.2, -0.15) is 0 Å². The summed E-state index contributed by atoms with van der Waals surface area (Å²) >= 11 is 0. The van der Waals surface area contributed by atoms with Gasteiger partial charge in [0.25, 0.3) is 11.8 Å². The van der Waals surface area contributed by atoms with E-state index in [0.29, 0.717) is 17.9 Å². The topological polar surface area (TPSA) is 83.2 Å². The molecule has 3 N–H and O–H groups in total. The maximum atomic E-state index is 13.2. The maximum Gasteiger partial charge on any atom is 0.267 e. The summed E-state index contributed by atoms with van der Waals surface area (Å²) in [7, 11) is 1.61. The van der Waals surface area contributed by atoms with Crippen molar-refractivity contribution in [2.24, 2.45) is 0 Å². The molecular weight excluding hydrogens is 426 g/mol. The van der Waals surface area contributed by atoms with Gasteiger partial charge in [0.2, 0.25) is 0 Å². The van der Waals surface area contributed by atoms with Gasteiger partial charge in [0.1, 0.15) is 11.4 Å². The number of aromatic amines is 1. The van der Waals surface area contributed by atoms with Gasteiger partial charge < -0.3 is 20.4 Å². The molecule has 2 amide bonds. The van der Waals surface area contributed by atoms with Crippen molar-refractivity contribution in [2.75, 3.05) is 13.7 Å². The number of rotatable bonds is 8. The summed E-state index contributed by atoms with van der Waals surface area (Å²) in [6.07, 6.45) is 3.49. The molecule has 0 saturated carbocycles. The number of H-pyrrole nitrogens is 1. The van der Waals surface area contributed by atoms with Gasteiger partial charge in [-0.1, -0.05) is 55.5 Å². The predicted molar refractivity (Wildman–Crippen MR) is 135 cm³/mol. The fraction of sp³-hybridized carbons (Fsp3) is 0.143. The quantitative estimate of drug-likeness (QED) is 0.333. The number of aromatic nitrogens is 1. The summed E-state index contributed by atoms with van der Waals surface area (Å²) < 4.78 is 5.34. The standard InChI is InChI=1S/C28H27N3O3/c1-19(20-9-5-3-6-10-20)17-30-28(33)26(31-27(32)21-11-7-4-8-12-21)15-22-18-29-25-14-13-23(34-2)16-24(22)25/h3-16,18-19,29H,17H2,1-2H3,(H,30,33)(H,31,32)/b26-15+/t19-/m0/s1. The summed E-state index contributed by atoms with van der Waals surface area (Å²) in [6.45, 7) is 2.48. The number of carbonyl (C=O) groups excluding carboxylic acids is 2. The lowest BCUT2D eigenvalue weighted by Gasteiger charge is -2.15. The van der Waals surface area contributed by atoms with Crippen molar-refractivity contribution in [2.45, 2.75) is 12.8 Å². The minimum atomic E-state index is -0.357. The number of fused-ring (bicyclic) bond motifs is 1. The Bertz CT molecular complexity index is 1310. The van der Waals surface area contributed by atoms with Crippen LogP contribution in [0.2, 0.25) is 0 Å². The molecule has 6 nitrogen and oxygen atoms in total. The zero-order valence-corrected chi connectivity index (χ0v) is 19.2. The zero-order valence-electron chi connectivity index (χ0n) is 19.2. The van der Waals surface area contributed by atoms with Crippen molar-refractivity contribution < 1.29 is 14.3 Å². The number of amides is 2. The summed E-state index contributed by atoms with van der Waals surface area (Å²) in [5, 5.41) is 6.64. The Hall–Kier alpha value is -4.32. The van der Waals surface area contributed by atoms with E-state index in [1.807, 2.05) is 61.5 Å². The molecule has 0 saturated heterocycles. The molecule has 4 rings (SSSR count). The molecule has 1 aromatic heterocycles. The van der Waals surface area contributed by atoms with E-state index in [2.05, 4.69) is 15.6 Å². The lowest BCUT2D eigenvalue weighted by molar-refractivity contribution is -0.117. The van der Waals surface area contributed by atoms with Crippen molar-refractivity contribution >= 4 is 28.8 Å². The van der Waals surface area contributed by atoms with Crippen molar-refractivity contribution in [1.29, 1.82) is 0 Å². The molecule has 0 aliphatic heterocycles. The Morgan fingerprint density at radius 2 is 1.71 bits per heavy atom. The normalized spacial score (nSPS) is 12.2. The van der Waals surface area contributed by atoms with Crippen molar-refractivity contribution in [3.05, 3.63) is 107 Å². The minimum absolute atomic E-state index is 0.119. The van der Waals surface area contributed by atoms with Gasteiger partial charge in [0, 0.05) is 34.8 Å². The molecule has 0 unspecified atom stereocenters. The van der Waals surface area contributed by atoms with Gasteiger partial charge in [-0.25, -0.2) is 0 Å². The highest BCUT2D eigenvalue weighted by Crippen LogP contribution is 2.25. The molecule has 0 radical (unpaired) electrons. The second-order valence-electron chi connectivity index (χ2n) is 8.06. The van der Waals surface area contributed by atoms with Crippen molar-refractivity contribution in [3.63, 3.8) is 0 Å². The fourth-order valence-electron chi connectivity index (χ4n) is 3.71. The highest BCUT2D eigenvalue weighted by atomic mass is 16.5. The summed E-state index contributed by atoms with van der Waals surface area (Å²) in [5.74, 6) is 0.117. The monoisotopic (exact) mass is 453 g/mol. The number of hydrogen-bond acceptors (Lipinski definition) is 3. The van der Waals surface area contributed by atoms with Crippen molar-refractivity contribution in [1.82, 2.24) is 15.6 Å². The number of carbonyl (C=O) groups is 2. The van der Waals surface area contributed by atoms with Crippen LogP contribution in [0.1, 0.15) is 34.3 Å². The van der Waals surface area contributed by atoms with Crippen LogP contribution in [-0.2, 0) is 4.79 Å². The first-order valence-corrected chi connectivity index (χ1v) is 11.1. The second-order valence-corrected chi connectivity index (χ2v) is 8.06. The zero-order chi connectivity index (χ0) is 23.9. The van der Waals surface area contributed by atoms with E-state index in [9.17, 15) is 9.59 Å². The lowest BCUT2D eigenvalue weighted by Crippen LogP contribution is -2.36. The lowest BCUT2D eigenvalue weighted by atomic mass is 10.0. The van der Waals surface area contributed by atoms with E-state index in [0.717, 1.165) is 22.0 Å². The molecule has 0 spiro atoms. The Morgan fingerprint density at radius 3 is 2.41 bits per heavy atom. The van der Waals surface area contributed by atoms with E-state index in [4.69, 9.17) is 4.74 Å². The van der Waals surface area contributed by atoms with Gasteiger partial charge in [-0.3, -0.25) is 9.59 Å². The molecule has 6 heteroatoms. The molecule has 172 valence electrons. The van der Waals surface area contributed by atoms with E-state index in [1.165, 1.54) is 0 Å². The highest BCUT2D eigenvalue weighted by molar-refractivity contribution is 6.06. The summed E-state index contributed by atoms with van der Waals surface area (Å²) in [6, 6.07) is 24.5. The van der Waals surface area contributed by atoms with E-state index in [-0.39, 0.29) is 23.4 Å². The van der Waals surface area contributed by atoms with Gasteiger partial charge in [-0.05, 0) is 47.9 Å². The SMILES string of the molecule is COc1ccc2[nH]cc(/C=C(/NC(=O)c3ccccc3)C(=O)NC[C@H](C)c3ccccc3)c2c1. The average molecular weight is 454 g/mol. The molecular formula is C28H27N3O3. The van der Waals surface area contributed by atoms with Crippen LogP contribution < -0.4 is 15.4 Å². The molecule has 0 aliphatic carbocycles. The molecule has 1 atom stereocenters. The van der Waals surface area contributed by atoms with Crippen LogP contribution in [0.15, 0.2) is 90.8 Å². The fourth-order valence-corrected chi connectivity index (χ4v) is 3.71. The molecule has 1 heterocycles. The predicted octanol–water partition coefficient (Wildman–Crippen LogP) is 4.87. The molecule has 0 aliphatic rings. The molecule has 3 aromatic carbocycles. The first-order chi connectivity index (χ1) is 16.5. The van der Waals surface area contributed by atoms with Crippen molar-refractivity contribution in [3.8, 4) is 5.75 Å². The van der Waals surface area contributed by atoms with Crippen LogP contribution >= 0.6 is 0 Å². The van der Waals surface area contributed by atoms with Crippen LogP contribution in [0, 0.1) is 0 Å². The third-order valence-electron chi connectivity index (χ3n) is 5.69. The summed E-state index contributed by atoms with van der Waals surface area (Å²) in [4.78, 5) is 29.3. The number of benzene rings is 3. The highest BCUT2D eigenvalue weighted by Gasteiger charge is 2.17. The Morgan fingerprint density at radius 1 is 1.00 bits per heavy atom. The number of methoxy groups -OCH3 is 1. The van der Waals surface area contributed by atoms with E-state index >= 15 is 0 Å². The third kappa shape index (κ3) is 5.35. The van der Waals surface area contributed by atoms with Gasteiger partial charge in [-0.15, -0.1) is 0 Å². The number of nitrogens with one attached hydrogen (secondary N) is 3.